The monoisotopic (exact) mass is 212 g/mol. The molecule has 0 aromatic rings. The zero-order valence-electron chi connectivity index (χ0n) is 10.7. The second-order valence-corrected chi connectivity index (χ2v) is 5.10. The van der Waals surface area contributed by atoms with Gasteiger partial charge >= 0.3 is 0 Å². The zero-order chi connectivity index (χ0) is 11.1. The van der Waals surface area contributed by atoms with Crippen LogP contribution in [0.15, 0.2) is 0 Å². The summed E-state index contributed by atoms with van der Waals surface area (Å²) in [7, 11) is 0. The van der Waals surface area contributed by atoms with Gasteiger partial charge in [-0.2, -0.15) is 0 Å². The minimum atomic E-state index is 0.698. The maximum Gasteiger partial charge on any atom is 0.00795 e. The number of hydrogen-bond acceptors (Lipinski definition) is 2. The molecule has 2 N–H and O–H groups in total. The van der Waals surface area contributed by atoms with E-state index in [1.807, 2.05) is 0 Å². The SMILES string of the molecule is CCCCCC(C)NCC1CCNC1C. The van der Waals surface area contributed by atoms with Crippen LogP contribution in [0.3, 0.4) is 0 Å². The first-order valence-electron chi connectivity index (χ1n) is 6.70. The molecule has 90 valence electrons. The Morgan fingerprint density at radius 2 is 2.20 bits per heavy atom. The zero-order valence-corrected chi connectivity index (χ0v) is 10.7. The fourth-order valence-corrected chi connectivity index (χ4v) is 2.35. The smallest absolute Gasteiger partial charge is 0.00795 e. The Balaban J connectivity index is 2.03. The van der Waals surface area contributed by atoms with Gasteiger partial charge in [-0.25, -0.2) is 0 Å². The molecule has 1 aliphatic heterocycles. The molecule has 1 rings (SSSR count). The molecular formula is C13H28N2. The molecule has 0 saturated carbocycles. The van der Waals surface area contributed by atoms with E-state index in [9.17, 15) is 0 Å². The van der Waals surface area contributed by atoms with Gasteiger partial charge in [0.05, 0.1) is 0 Å². The standard InChI is InChI=1S/C13H28N2/c1-4-5-6-7-11(2)15-10-13-8-9-14-12(13)3/h11-15H,4-10H2,1-3H3. The molecule has 1 saturated heterocycles. The summed E-state index contributed by atoms with van der Waals surface area (Å²) in [5.74, 6) is 0.846. The molecule has 3 unspecified atom stereocenters. The van der Waals surface area contributed by atoms with Crippen LogP contribution < -0.4 is 10.6 Å². The highest BCUT2D eigenvalue weighted by Crippen LogP contribution is 2.14. The first-order valence-corrected chi connectivity index (χ1v) is 6.70. The number of nitrogens with one attached hydrogen (secondary N) is 2. The van der Waals surface area contributed by atoms with E-state index in [0.29, 0.717) is 12.1 Å². The topological polar surface area (TPSA) is 24.1 Å². The van der Waals surface area contributed by atoms with Crippen LogP contribution in [0.25, 0.3) is 0 Å². The van der Waals surface area contributed by atoms with Gasteiger partial charge in [-0.1, -0.05) is 26.2 Å². The molecular weight excluding hydrogens is 184 g/mol. The lowest BCUT2D eigenvalue weighted by molar-refractivity contribution is 0.396. The second kappa shape index (κ2) is 7.24. The normalized spacial score (nSPS) is 28.2. The van der Waals surface area contributed by atoms with Gasteiger partial charge in [0.1, 0.15) is 0 Å². The molecule has 1 fully saturated rings. The molecule has 0 spiro atoms. The summed E-state index contributed by atoms with van der Waals surface area (Å²) in [4.78, 5) is 0. The summed E-state index contributed by atoms with van der Waals surface area (Å²) < 4.78 is 0. The Morgan fingerprint density at radius 1 is 1.40 bits per heavy atom. The third-order valence-electron chi connectivity index (χ3n) is 3.66. The van der Waals surface area contributed by atoms with Crippen LogP contribution in [-0.4, -0.2) is 25.2 Å². The summed E-state index contributed by atoms with van der Waals surface area (Å²) in [6.45, 7) is 9.30. The Bertz CT molecular complexity index is 159. The van der Waals surface area contributed by atoms with Crippen LogP contribution in [-0.2, 0) is 0 Å². The van der Waals surface area contributed by atoms with Gasteiger partial charge < -0.3 is 10.6 Å². The molecule has 1 aliphatic rings. The van der Waals surface area contributed by atoms with Crippen LogP contribution in [0.5, 0.6) is 0 Å². The van der Waals surface area contributed by atoms with Gasteiger partial charge in [-0.05, 0) is 45.7 Å². The van der Waals surface area contributed by atoms with Crippen LogP contribution in [0.1, 0.15) is 52.9 Å². The molecule has 0 aromatic heterocycles. The molecule has 15 heavy (non-hydrogen) atoms. The first kappa shape index (κ1) is 13.0. The minimum absolute atomic E-state index is 0.698. The third kappa shape index (κ3) is 4.98. The molecule has 0 amide bonds. The maximum absolute atomic E-state index is 3.67. The maximum atomic E-state index is 3.67. The van der Waals surface area contributed by atoms with Crippen molar-refractivity contribution in [3.63, 3.8) is 0 Å². The molecule has 0 aliphatic carbocycles. The highest BCUT2D eigenvalue weighted by molar-refractivity contribution is 4.82. The summed E-state index contributed by atoms with van der Waals surface area (Å²) in [5, 5.41) is 7.18. The van der Waals surface area contributed by atoms with E-state index in [1.165, 1.54) is 45.2 Å². The third-order valence-corrected chi connectivity index (χ3v) is 3.66. The average Bonchev–Trinajstić information content (AvgIpc) is 2.61. The summed E-state index contributed by atoms with van der Waals surface area (Å²) in [6.07, 6.45) is 6.77. The second-order valence-electron chi connectivity index (χ2n) is 5.10. The van der Waals surface area contributed by atoms with Crippen molar-refractivity contribution in [2.45, 2.75) is 65.0 Å². The molecule has 0 radical (unpaired) electrons. The first-order chi connectivity index (χ1) is 7.24. The van der Waals surface area contributed by atoms with Crippen molar-refractivity contribution in [3.05, 3.63) is 0 Å². The van der Waals surface area contributed by atoms with E-state index in [-0.39, 0.29) is 0 Å². The van der Waals surface area contributed by atoms with Crippen LogP contribution in [0.2, 0.25) is 0 Å². The van der Waals surface area contributed by atoms with Crippen LogP contribution >= 0.6 is 0 Å². The average molecular weight is 212 g/mol. The molecule has 2 heteroatoms. The number of hydrogen-bond donors (Lipinski definition) is 2. The van der Waals surface area contributed by atoms with E-state index in [4.69, 9.17) is 0 Å². The highest BCUT2D eigenvalue weighted by atomic mass is 15.0. The molecule has 1 heterocycles. The highest BCUT2D eigenvalue weighted by Gasteiger charge is 2.22. The quantitative estimate of drug-likeness (QED) is 0.634. The van der Waals surface area contributed by atoms with Gasteiger partial charge in [0, 0.05) is 12.1 Å². The van der Waals surface area contributed by atoms with Crippen LogP contribution in [0, 0.1) is 5.92 Å². The Morgan fingerprint density at radius 3 is 2.80 bits per heavy atom. The van der Waals surface area contributed by atoms with Crippen molar-refractivity contribution in [3.8, 4) is 0 Å². The van der Waals surface area contributed by atoms with Gasteiger partial charge in [0.15, 0.2) is 0 Å². The predicted molar refractivity (Wildman–Crippen MR) is 67.2 cm³/mol. The minimum Gasteiger partial charge on any atom is -0.314 e. The summed E-state index contributed by atoms with van der Waals surface area (Å²) >= 11 is 0. The molecule has 3 atom stereocenters. The van der Waals surface area contributed by atoms with Gasteiger partial charge in [-0.3, -0.25) is 0 Å². The van der Waals surface area contributed by atoms with Gasteiger partial charge in [0.2, 0.25) is 0 Å². The van der Waals surface area contributed by atoms with E-state index >= 15 is 0 Å². The van der Waals surface area contributed by atoms with E-state index < -0.39 is 0 Å². The van der Waals surface area contributed by atoms with Crippen molar-refractivity contribution in [2.75, 3.05) is 13.1 Å². The molecule has 0 aromatic carbocycles. The summed E-state index contributed by atoms with van der Waals surface area (Å²) in [5.41, 5.74) is 0. The van der Waals surface area contributed by atoms with E-state index in [1.54, 1.807) is 0 Å². The Kier molecular flexibility index (Phi) is 6.26. The summed E-state index contributed by atoms with van der Waals surface area (Å²) in [6, 6.07) is 1.41. The van der Waals surface area contributed by atoms with Gasteiger partial charge in [-0.15, -0.1) is 0 Å². The lowest BCUT2D eigenvalue weighted by atomic mass is 10.0. The van der Waals surface area contributed by atoms with Crippen molar-refractivity contribution < 1.29 is 0 Å². The lowest BCUT2D eigenvalue weighted by Gasteiger charge is -2.19. The Labute approximate surface area is 95.2 Å². The largest absolute Gasteiger partial charge is 0.314 e. The number of unbranched alkanes of at least 4 members (excludes halogenated alkanes) is 2. The van der Waals surface area contributed by atoms with E-state index in [2.05, 4.69) is 31.4 Å². The molecule has 0 bridgehead atoms. The fourth-order valence-electron chi connectivity index (χ4n) is 2.35. The van der Waals surface area contributed by atoms with Crippen molar-refractivity contribution >= 4 is 0 Å². The van der Waals surface area contributed by atoms with Gasteiger partial charge in [0.25, 0.3) is 0 Å². The number of rotatable bonds is 7. The predicted octanol–water partition coefficient (Wildman–Crippen LogP) is 2.54. The van der Waals surface area contributed by atoms with Crippen molar-refractivity contribution in [2.24, 2.45) is 5.92 Å². The van der Waals surface area contributed by atoms with Crippen molar-refractivity contribution in [1.82, 2.24) is 10.6 Å². The van der Waals surface area contributed by atoms with Crippen LogP contribution in [0.4, 0.5) is 0 Å². The van der Waals surface area contributed by atoms with E-state index in [0.717, 1.165) is 5.92 Å². The Hall–Kier alpha value is -0.0800. The fraction of sp³-hybridized carbons (Fsp3) is 1.00. The molecule has 2 nitrogen and oxygen atoms in total. The van der Waals surface area contributed by atoms with Crippen molar-refractivity contribution in [1.29, 1.82) is 0 Å². The lowest BCUT2D eigenvalue weighted by Crippen LogP contribution is -2.35.